The predicted molar refractivity (Wildman–Crippen MR) is 311 cm³/mol. The number of aromatic amines is 1. The second kappa shape index (κ2) is 24.2. The van der Waals surface area contributed by atoms with Gasteiger partial charge in [0.1, 0.15) is 11.4 Å². The number of hydrogen-bond acceptors (Lipinski definition) is 11. The van der Waals surface area contributed by atoms with Gasteiger partial charge in [-0.15, -0.1) is 11.3 Å². The fraction of sp³-hybridized carbons (Fsp3) is 0.355. The normalized spacial score (nSPS) is 14.8. The van der Waals surface area contributed by atoms with E-state index in [1.54, 1.807) is 86.3 Å². The first kappa shape index (κ1) is 57.6. The molecule has 1 saturated heterocycles. The van der Waals surface area contributed by atoms with Crippen LogP contribution >= 0.6 is 22.9 Å². The molecule has 78 heavy (non-hydrogen) atoms. The van der Waals surface area contributed by atoms with E-state index in [-0.39, 0.29) is 64.6 Å². The lowest BCUT2D eigenvalue weighted by molar-refractivity contribution is -0.164. The monoisotopic (exact) mass is 1110 g/mol. The van der Waals surface area contributed by atoms with Gasteiger partial charge in [0.05, 0.1) is 41.9 Å². The van der Waals surface area contributed by atoms with Crippen LogP contribution in [0, 0.1) is 5.92 Å². The molecule has 2 amide bonds. The summed E-state index contributed by atoms with van der Waals surface area (Å²) in [5.74, 6) is -1.02. The van der Waals surface area contributed by atoms with Crippen LogP contribution < -0.4 is 10.9 Å². The number of carbonyl (C=O) groups is 3. The topological polar surface area (TPSA) is 171 Å². The van der Waals surface area contributed by atoms with E-state index in [0.29, 0.717) is 27.6 Å². The Morgan fingerprint density at radius 1 is 0.833 bits per heavy atom. The number of phenols is 1. The average Bonchev–Trinajstić information content (AvgIpc) is 3.94. The number of fused-ring (bicyclic) bond motifs is 1. The number of esters is 1. The molecule has 0 spiro atoms. The molecular weight excluding hydrogens is 1040 g/mol. The number of hydrogen-bond donors (Lipinski definition) is 4. The summed E-state index contributed by atoms with van der Waals surface area (Å²) in [6.45, 7) is 19.2. The van der Waals surface area contributed by atoms with Gasteiger partial charge in [-0.1, -0.05) is 123 Å². The lowest BCUT2D eigenvalue weighted by atomic mass is 9.85. The smallest absolute Gasteiger partial charge is 0.410 e. The number of ether oxygens (including phenoxy) is 2. The van der Waals surface area contributed by atoms with Gasteiger partial charge in [0.15, 0.2) is 8.32 Å². The number of rotatable bonds is 18. The molecule has 1 aliphatic rings. The molecule has 5 aromatic carbocycles. The fourth-order valence-corrected chi connectivity index (χ4v) is 11.9. The maximum atomic E-state index is 14.1. The molecule has 1 unspecified atom stereocenters. The first-order chi connectivity index (χ1) is 37.0. The van der Waals surface area contributed by atoms with Crippen molar-refractivity contribution in [3.05, 3.63) is 193 Å². The van der Waals surface area contributed by atoms with Gasteiger partial charge in [-0.05, 0) is 141 Å². The van der Waals surface area contributed by atoms with E-state index in [9.17, 15) is 29.4 Å². The van der Waals surface area contributed by atoms with Crippen molar-refractivity contribution >= 4 is 60.1 Å². The van der Waals surface area contributed by atoms with Crippen LogP contribution in [-0.2, 0) is 43.9 Å². The number of H-pyrrole nitrogens is 1. The Balaban J connectivity index is 0.946. The molecule has 410 valence electrons. The molecule has 16 heteroatoms. The summed E-state index contributed by atoms with van der Waals surface area (Å²) >= 11 is 8.35. The van der Waals surface area contributed by atoms with Crippen LogP contribution in [0.15, 0.2) is 144 Å². The molecule has 3 heterocycles. The number of phenolic OH excluding ortho intramolecular Hbond substituents is 1. The number of carbonyl (C=O) groups excluding carboxylic acids is 3. The van der Waals surface area contributed by atoms with E-state index >= 15 is 0 Å². The van der Waals surface area contributed by atoms with E-state index in [1.807, 2.05) is 42.5 Å². The quantitative estimate of drug-likeness (QED) is 0.0479. The Morgan fingerprint density at radius 3 is 2.21 bits per heavy atom. The van der Waals surface area contributed by atoms with E-state index in [4.69, 9.17) is 25.5 Å². The lowest BCUT2D eigenvalue weighted by Crippen LogP contribution is -2.45. The lowest BCUT2D eigenvalue weighted by Gasteiger charge is -2.41. The minimum atomic E-state index is -2.53. The maximum absolute atomic E-state index is 14.1. The van der Waals surface area contributed by atoms with Crippen LogP contribution in [0.1, 0.15) is 104 Å². The molecule has 2 aromatic heterocycles. The Kier molecular flexibility index (Phi) is 17.9. The van der Waals surface area contributed by atoms with Crippen molar-refractivity contribution < 1.29 is 38.5 Å². The highest BCUT2D eigenvalue weighted by atomic mass is 35.5. The molecule has 0 radical (unpaired) electrons. The summed E-state index contributed by atoms with van der Waals surface area (Å²) in [5, 5.41) is 26.8. The molecule has 7 aromatic rings. The first-order valence-corrected chi connectivity index (χ1v) is 30.6. The minimum Gasteiger partial charge on any atom is -0.506 e. The highest BCUT2D eigenvalue weighted by molar-refractivity contribution is 7.15. The van der Waals surface area contributed by atoms with Crippen LogP contribution in [0.25, 0.3) is 21.3 Å². The Labute approximate surface area is 467 Å². The number of likely N-dealkylation sites (tertiary alicyclic amines) is 1. The number of aromatic nitrogens is 1. The zero-order valence-electron chi connectivity index (χ0n) is 45.7. The van der Waals surface area contributed by atoms with Gasteiger partial charge in [0.2, 0.25) is 11.2 Å². The summed E-state index contributed by atoms with van der Waals surface area (Å²) in [6, 6.07) is 41.8. The van der Waals surface area contributed by atoms with Crippen molar-refractivity contribution in [1.82, 2.24) is 20.1 Å². The number of aromatic hydroxyl groups is 1. The number of pyridine rings is 1. The molecule has 1 fully saturated rings. The van der Waals surface area contributed by atoms with Crippen molar-refractivity contribution in [2.75, 3.05) is 26.2 Å². The predicted octanol–water partition coefficient (Wildman–Crippen LogP) is 12.7. The maximum Gasteiger partial charge on any atom is 0.410 e. The summed E-state index contributed by atoms with van der Waals surface area (Å²) < 4.78 is 19.0. The fourth-order valence-electron chi connectivity index (χ4n) is 9.38. The number of piperidine rings is 1. The molecule has 13 nitrogen and oxygen atoms in total. The van der Waals surface area contributed by atoms with E-state index in [1.165, 1.54) is 29.0 Å². The summed E-state index contributed by atoms with van der Waals surface area (Å²) in [6.07, 6.45) is 0.488. The van der Waals surface area contributed by atoms with Crippen molar-refractivity contribution in [1.29, 1.82) is 0 Å². The Bertz CT molecular complexity index is 3290. The molecule has 0 saturated carbocycles. The number of nitrogens with one attached hydrogen (secondary N) is 2. The van der Waals surface area contributed by atoms with Crippen LogP contribution in [0.4, 0.5) is 4.79 Å². The third-order valence-corrected chi connectivity index (χ3v) is 20.7. The molecule has 1 aliphatic heterocycles. The van der Waals surface area contributed by atoms with E-state index in [0.717, 1.165) is 47.8 Å². The molecule has 2 atom stereocenters. The van der Waals surface area contributed by atoms with Gasteiger partial charge in [0.25, 0.3) is 5.91 Å². The number of aliphatic hydroxyl groups is 1. The standard InChI is InChI=1S/C62H71ClN4O9SSi/c1-60(2,3)75-59(72)67(39-53(76-78(7,8)61(4,5)6)48-25-27-52(68)56-49(48)26-29-55(69)65-56)38-43-22-24-50(51(63)34-43)57(70)64-36-47-23-28-54(77-47)44-18-15-21-46(35-44)62(73,45-19-13-10-14-20-45)58(71)74-40-42-30-32-66(33-31-42)37-41-16-11-9-12-17-41/h9-29,34-35,42,53,68,73H,30-33,36-40H2,1-8H3,(H,64,70)(H,65,69)/t53-,62?/m1/s1. The van der Waals surface area contributed by atoms with Crippen LogP contribution in [-0.4, -0.2) is 83.1 Å². The molecule has 4 N–H and O–H groups in total. The third kappa shape index (κ3) is 14.0. The second-order valence-electron chi connectivity index (χ2n) is 22.7. The third-order valence-electron chi connectivity index (χ3n) is 14.7. The van der Waals surface area contributed by atoms with Crippen LogP contribution in [0.5, 0.6) is 5.75 Å². The van der Waals surface area contributed by atoms with Crippen molar-refractivity contribution in [3.8, 4) is 16.2 Å². The van der Waals surface area contributed by atoms with Crippen LogP contribution in [0.3, 0.4) is 0 Å². The number of nitrogens with zero attached hydrogens (tertiary/aromatic N) is 2. The number of thiophene rings is 1. The van der Waals surface area contributed by atoms with Crippen LogP contribution in [0.2, 0.25) is 23.2 Å². The summed E-state index contributed by atoms with van der Waals surface area (Å²) in [5.41, 5.74) is 1.43. The number of amides is 2. The Hall–Kier alpha value is -6.59. The molecule has 0 bridgehead atoms. The van der Waals surface area contributed by atoms with Gasteiger partial charge in [-0.2, -0.15) is 0 Å². The average molecular weight is 1110 g/mol. The second-order valence-corrected chi connectivity index (χ2v) is 29.1. The van der Waals surface area contributed by atoms with Gasteiger partial charge in [-0.25, -0.2) is 9.59 Å². The number of halogens is 1. The van der Waals surface area contributed by atoms with Crippen molar-refractivity contribution in [2.45, 2.75) is 109 Å². The molecule has 8 rings (SSSR count). The molecule has 0 aliphatic carbocycles. The summed E-state index contributed by atoms with van der Waals surface area (Å²) in [7, 11) is -2.53. The van der Waals surface area contributed by atoms with Gasteiger partial charge in [0, 0.05) is 39.9 Å². The zero-order valence-corrected chi connectivity index (χ0v) is 48.3. The number of benzene rings is 5. The first-order valence-electron chi connectivity index (χ1n) is 26.5. The van der Waals surface area contributed by atoms with Crippen molar-refractivity contribution in [3.63, 3.8) is 0 Å². The SMILES string of the molecule is CC(C)(C)OC(=O)N(Cc1ccc(C(=O)NCc2ccc(-c3cccc(C(O)(C(=O)OCC4CCN(Cc5ccccc5)CC4)c4ccccc4)c3)s2)c(Cl)c1)C[C@@H](O[Si](C)(C)C(C)(C)C)c1ccc(O)c2[nH]c(=O)ccc12. The highest BCUT2D eigenvalue weighted by Gasteiger charge is 2.43. The summed E-state index contributed by atoms with van der Waals surface area (Å²) in [4.78, 5) is 62.9. The zero-order chi connectivity index (χ0) is 56.0. The van der Waals surface area contributed by atoms with E-state index in [2.05, 4.69) is 73.3 Å². The molecular formula is C62H71ClN4O9SSi. The Morgan fingerprint density at radius 2 is 1.53 bits per heavy atom. The minimum absolute atomic E-state index is 0.0454. The largest absolute Gasteiger partial charge is 0.506 e. The van der Waals surface area contributed by atoms with Gasteiger partial charge >= 0.3 is 12.1 Å². The van der Waals surface area contributed by atoms with E-state index < -0.39 is 43.6 Å². The van der Waals surface area contributed by atoms with Crippen molar-refractivity contribution in [2.24, 2.45) is 5.92 Å². The highest BCUT2D eigenvalue weighted by Crippen LogP contribution is 2.42. The van der Waals surface area contributed by atoms with Gasteiger partial charge < -0.3 is 39.3 Å². The van der Waals surface area contributed by atoms with Gasteiger partial charge in [-0.3, -0.25) is 14.5 Å².